The van der Waals surface area contributed by atoms with E-state index in [1.807, 2.05) is 13.0 Å². The van der Waals surface area contributed by atoms with Crippen LogP contribution in [0.4, 0.5) is 0 Å². The van der Waals surface area contributed by atoms with Gasteiger partial charge in [-0.2, -0.15) is 0 Å². The molecule has 4 heteroatoms. The molecule has 0 aliphatic carbocycles. The molecule has 0 unspecified atom stereocenters. The van der Waals surface area contributed by atoms with Crippen LogP contribution in [0.1, 0.15) is 15.9 Å². The minimum atomic E-state index is -0.376. The first kappa shape index (κ1) is 11.0. The number of ether oxygens (including phenoxy) is 2. The maximum Gasteiger partial charge on any atom is 0.339 e. The number of esters is 1. The largest absolute Gasteiger partial charge is 0.496 e. The fourth-order valence-corrected chi connectivity index (χ4v) is 1.70. The van der Waals surface area contributed by atoms with Gasteiger partial charge in [0.25, 0.3) is 0 Å². The second kappa shape index (κ2) is 4.46. The minimum Gasteiger partial charge on any atom is -0.496 e. The molecule has 0 aromatic heterocycles. The molecule has 0 radical (unpaired) electrons. The third-order valence-corrected chi connectivity index (χ3v) is 2.63. The van der Waals surface area contributed by atoms with Crippen LogP contribution < -0.4 is 4.74 Å². The van der Waals surface area contributed by atoms with Gasteiger partial charge in [0.2, 0.25) is 0 Å². The molecular weight excluding hydrogens is 248 g/mol. The monoisotopic (exact) mass is 258 g/mol. The Kier molecular flexibility index (Phi) is 3.52. The topological polar surface area (TPSA) is 35.5 Å². The van der Waals surface area contributed by atoms with Gasteiger partial charge >= 0.3 is 5.97 Å². The Morgan fingerprint density at radius 3 is 2.50 bits per heavy atom. The molecule has 0 atom stereocenters. The van der Waals surface area contributed by atoms with Gasteiger partial charge in [-0.1, -0.05) is 0 Å². The van der Waals surface area contributed by atoms with Crippen LogP contribution in [0.5, 0.6) is 5.75 Å². The SMILES string of the molecule is COC(=O)c1cc(C)cc(OC)c1Br. The summed E-state index contributed by atoms with van der Waals surface area (Å²) in [7, 11) is 2.91. The van der Waals surface area contributed by atoms with E-state index in [0.717, 1.165) is 5.56 Å². The van der Waals surface area contributed by atoms with E-state index in [-0.39, 0.29) is 5.97 Å². The molecule has 76 valence electrons. The summed E-state index contributed by atoms with van der Waals surface area (Å²) in [5.74, 6) is 0.254. The van der Waals surface area contributed by atoms with Gasteiger partial charge in [-0.25, -0.2) is 4.79 Å². The van der Waals surface area contributed by atoms with Gasteiger partial charge in [0.15, 0.2) is 0 Å². The lowest BCUT2D eigenvalue weighted by molar-refractivity contribution is 0.0599. The van der Waals surface area contributed by atoms with Crippen molar-refractivity contribution in [2.75, 3.05) is 14.2 Å². The second-order valence-corrected chi connectivity index (χ2v) is 3.61. The third kappa shape index (κ3) is 2.07. The molecule has 0 amide bonds. The Morgan fingerprint density at radius 2 is 2.00 bits per heavy atom. The minimum absolute atomic E-state index is 0.376. The Balaban J connectivity index is 3.29. The lowest BCUT2D eigenvalue weighted by Crippen LogP contribution is -2.03. The Labute approximate surface area is 91.1 Å². The summed E-state index contributed by atoms with van der Waals surface area (Å²) < 4.78 is 10.4. The molecule has 3 nitrogen and oxygen atoms in total. The molecule has 0 N–H and O–H groups in total. The lowest BCUT2D eigenvalue weighted by Gasteiger charge is -2.08. The van der Waals surface area contributed by atoms with Gasteiger partial charge in [0.1, 0.15) is 5.75 Å². The molecule has 0 aliphatic rings. The van der Waals surface area contributed by atoms with E-state index >= 15 is 0 Å². The Bertz CT molecular complexity index is 361. The molecule has 0 heterocycles. The van der Waals surface area contributed by atoms with Crippen molar-refractivity contribution < 1.29 is 14.3 Å². The predicted molar refractivity (Wildman–Crippen MR) is 56.8 cm³/mol. The van der Waals surface area contributed by atoms with Gasteiger partial charge in [0.05, 0.1) is 24.3 Å². The van der Waals surface area contributed by atoms with Crippen molar-refractivity contribution in [3.05, 3.63) is 27.7 Å². The van der Waals surface area contributed by atoms with Crippen LogP contribution in [0.15, 0.2) is 16.6 Å². The van der Waals surface area contributed by atoms with Gasteiger partial charge in [-0.05, 0) is 40.5 Å². The molecule has 0 saturated carbocycles. The normalized spacial score (nSPS) is 9.71. The summed E-state index contributed by atoms with van der Waals surface area (Å²) >= 11 is 3.29. The fourth-order valence-electron chi connectivity index (χ4n) is 1.14. The number of carbonyl (C=O) groups is 1. The summed E-state index contributed by atoms with van der Waals surface area (Å²) in [6, 6.07) is 3.59. The standard InChI is InChI=1S/C10H11BrO3/c1-6-4-7(10(12)14-3)9(11)8(5-6)13-2/h4-5H,1-3H3. The zero-order valence-electron chi connectivity index (χ0n) is 8.26. The van der Waals surface area contributed by atoms with E-state index in [4.69, 9.17) is 4.74 Å². The molecule has 0 aliphatic heterocycles. The average Bonchev–Trinajstić information content (AvgIpc) is 2.19. The molecule has 14 heavy (non-hydrogen) atoms. The molecule has 1 aromatic rings. The van der Waals surface area contributed by atoms with Crippen molar-refractivity contribution in [2.45, 2.75) is 6.92 Å². The highest BCUT2D eigenvalue weighted by Crippen LogP contribution is 2.30. The number of rotatable bonds is 2. The number of hydrogen-bond acceptors (Lipinski definition) is 3. The van der Waals surface area contributed by atoms with Crippen LogP contribution in [-0.4, -0.2) is 20.2 Å². The molecular formula is C10H11BrO3. The van der Waals surface area contributed by atoms with E-state index in [9.17, 15) is 4.79 Å². The molecule has 0 saturated heterocycles. The van der Waals surface area contributed by atoms with E-state index in [1.54, 1.807) is 13.2 Å². The predicted octanol–water partition coefficient (Wildman–Crippen LogP) is 2.55. The van der Waals surface area contributed by atoms with Crippen LogP contribution in [0, 0.1) is 6.92 Å². The van der Waals surface area contributed by atoms with Gasteiger partial charge in [-0.3, -0.25) is 0 Å². The average molecular weight is 259 g/mol. The van der Waals surface area contributed by atoms with E-state index in [0.29, 0.717) is 15.8 Å². The van der Waals surface area contributed by atoms with E-state index in [2.05, 4.69) is 20.7 Å². The lowest BCUT2D eigenvalue weighted by atomic mass is 10.1. The highest BCUT2D eigenvalue weighted by Gasteiger charge is 2.14. The summed E-state index contributed by atoms with van der Waals surface area (Å²) in [5.41, 5.74) is 1.43. The van der Waals surface area contributed by atoms with Crippen molar-refractivity contribution in [1.29, 1.82) is 0 Å². The first-order chi connectivity index (χ1) is 6.60. The maximum absolute atomic E-state index is 11.3. The second-order valence-electron chi connectivity index (χ2n) is 2.82. The van der Waals surface area contributed by atoms with Crippen molar-refractivity contribution in [2.24, 2.45) is 0 Å². The highest BCUT2D eigenvalue weighted by atomic mass is 79.9. The van der Waals surface area contributed by atoms with E-state index in [1.165, 1.54) is 7.11 Å². The smallest absolute Gasteiger partial charge is 0.339 e. The molecule has 0 spiro atoms. The fraction of sp³-hybridized carbons (Fsp3) is 0.300. The van der Waals surface area contributed by atoms with Crippen molar-refractivity contribution in [3.8, 4) is 5.75 Å². The van der Waals surface area contributed by atoms with Gasteiger partial charge in [-0.15, -0.1) is 0 Å². The maximum atomic E-state index is 11.3. The number of carbonyl (C=O) groups excluding carboxylic acids is 1. The van der Waals surface area contributed by atoms with Crippen LogP contribution in [0.2, 0.25) is 0 Å². The van der Waals surface area contributed by atoms with Crippen molar-refractivity contribution in [3.63, 3.8) is 0 Å². The van der Waals surface area contributed by atoms with Crippen LogP contribution in [-0.2, 0) is 4.74 Å². The van der Waals surface area contributed by atoms with Crippen molar-refractivity contribution in [1.82, 2.24) is 0 Å². The summed E-state index contributed by atoms with van der Waals surface area (Å²) in [4.78, 5) is 11.3. The Hall–Kier alpha value is -1.03. The number of aryl methyl sites for hydroxylation is 1. The van der Waals surface area contributed by atoms with Crippen LogP contribution >= 0.6 is 15.9 Å². The number of hydrogen-bond donors (Lipinski definition) is 0. The Morgan fingerprint density at radius 1 is 1.36 bits per heavy atom. The third-order valence-electron chi connectivity index (χ3n) is 1.81. The molecule has 1 aromatic carbocycles. The summed E-state index contributed by atoms with van der Waals surface area (Å²) in [6.07, 6.45) is 0. The first-order valence-electron chi connectivity index (χ1n) is 4.02. The number of methoxy groups -OCH3 is 2. The van der Waals surface area contributed by atoms with E-state index < -0.39 is 0 Å². The van der Waals surface area contributed by atoms with Gasteiger partial charge < -0.3 is 9.47 Å². The van der Waals surface area contributed by atoms with Crippen LogP contribution in [0.3, 0.4) is 0 Å². The first-order valence-corrected chi connectivity index (χ1v) is 4.82. The zero-order valence-corrected chi connectivity index (χ0v) is 9.84. The van der Waals surface area contributed by atoms with Crippen LogP contribution in [0.25, 0.3) is 0 Å². The summed E-state index contributed by atoms with van der Waals surface area (Å²) in [5, 5.41) is 0. The van der Waals surface area contributed by atoms with Gasteiger partial charge in [0, 0.05) is 0 Å². The zero-order chi connectivity index (χ0) is 10.7. The highest BCUT2D eigenvalue weighted by molar-refractivity contribution is 9.10. The quantitative estimate of drug-likeness (QED) is 0.765. The number of halogens is 1. The number of benzene rings is 1. The summed E-state index contributed by atoms with van der Waals surface area (Å²) in [6.45, 7) is 1.89. The molecule has 0 fully saturated rings. The molecule has 1 rings (SSSR count). The molecule has 0 bridgehead atoms. The van der Waals surface area contributed by atoms with Crippen molar-refractivity contribution >= 4 is 21.9 Å².